The maximum Gasteiger partial charge on any atom is 0.355 e. The first-order chi connectivity index (χ1) is 16.5. The van der Waals surface area contributed by atoms with Gasteiger partial charge in [-0.05, 0) is 35.4 Å². The van der Waals surface area contributed by atoms with Gasteiger partial charge >= 0.3 is 11.9 Å². The highest BCUT2D eigenvalue weighted by Gasteiger charge is 2.54. The van der Waals surface area contributed by atoms with E-state index in [-0.39, 0.29) is 17.1 Å². The number of rotatable bonds is 3. The number of esters is 2. The van der Waals surface area contributed by atoms with Crippen molar-refractivity contribution in [3.8, 4) is 0 Å². The summed E-state index contributed by atoms with van der Waals surface area (Å²) in [6.45, 7) is 0. The van der Waals surface area contributed by atoms with E-state index in [4.69, 9.17) is 14.2 Å². The van der Waals surface area contributed by atoms with Crippen LogP contribution in [0.5, 0.6) is 0 Å². The van der Waals surface area contributed by atoms with Crippen molar-refractivity contribution in [3.05, 3.63) is 107 Å². The number of allylic oxidation sites excluding steroid dienone is 2. The average molecular weight is 455 g/mol. The van der Waals surface area contributed by atoms with Gasteiger partial charge in [-0.3, -0.25) is 4.79 Å². The lowest BCUT2D eigenvalue weighted by atomic mass is 9.75. The maximum absolute atomic E-state index is 13.3. The van der Waals surface area contributed by atoms with E-state index < -0.39 is 23.8 Å². The normalized spacial score (nSPS) is 22.8. The molecule has 1 aliphatic carbocycles. The minimum absolute atomic E-state index is 0.0165. The Labute approximate surface area is 196 Å². The quantitative estimate of drug-likeness (QED) is 0.655. The summed E-state index contributed by atoms with van der Waals surface area (Å²) in [5.74, 6) is -1.76. The Morgan fingerprint density at radius 2 is 1.65 bits per heavy atom. The van der Waals surface area contributed by atoms with Gasteiger partial charge in [0, 0.05) is 17.3 Å². The van der Waals surface area contributed by atoms with Crippen LogP contribution in [0.25, 0.3) is 11.6 Å². The number of carbonyl (C=O) groups is 3. The molecule has 0 radical (unpaired) electrons. The van der Waals surface area contributed by atoms with Crippen LogP contribution in [-0.4, -0.2) is 42.4 Å². The molecule has 3 aliphatic rings. The van der Waals surface area contributed by atoms with Crippen molar-refractivity contribution >= 4 is 29.4 Å². The van der Waals surface area contributed by atoms with Gasteiger partial charge in [0.15, 0.2) is 12.0 Å². The lowest BCUT2D eigenvalue weighted by Gasteiger charge is -2.48. The Hall–Kier alpha value is -4.23. The van der Waals surface area contributed by atoms with Crippen LogP contribution in [0, 0.1) is 0 Å². The number of benzene rings is 2. The Morgan fingerprint density at radius 3 is 2.38 bits per heavy atom. The first kappa shape index (κ1) is 21.6. The summed E-state index contributed by atoms with van der Waals surface area (Å²) >= 11 is 0. The molecule has 0 unspecified atom stereocenters. The second-order valence-corrected chi connectivity index (χ2v) is 7.92. The monoisotopic (exact) mass is 455 g/mol. The topological polar surface area (TPSA) is 82.1 Å². The predicted molar refractivity (Wildman–Crippen MR) is 123 cm³/mol. The first-order valence-electron chi connectivity index (χ1n) is 10.7. The zero-order valence-corrected chi connectivity index (χ0v) is 18.6. The molecule has 2 aromatic rings. The number of methoxy groups -OCH3 is 2. The van der Waals surface area contributed by atoms with Crippen molar-refractivity contribution < 1.29 is 28.6 Å². The summed E-state index contributed by atoms with van der Waals surface area (Å²) in [6, 6.07) is 16.7. The van der Waals surface area contributed by atoms with Gasteiger partial charge in [-0.2, -0.15) is 0 Å². The molecule has 2 atom stereocenters. The molecule has 0 fully saturated rings. The number of hydrogen-bond donors (Lipinski definition) is 0. The molecule has 7 heteroatoms. The lowest BCUT2D eigenvalue weighted by Crippen LogP contribution is -2.51. The molecule has 0 bridgehead atoms. The molecular formula is C27H21NO6. The molecule has 2 heterocycles. The third-order valence-electron chi connectivity index (χ3n) is 6.12. The number of ketones is 1. The Morgan fingerprint density at radius 1 is 0.941 bits per heavy atom. The molecule has 2 aliphatic heterocycles. The van der Waals surface area contributed by atoms with Gasteiger partial charge in [0.2, 0.25) is 0 Å². The Bertz CT molecular complexity index is 1320. The Kier molecular flexibility index (Phi) is 5.26. The third-order valence-corrected chi connectivity index (χ3v) is 6.12. The van der Waals surface area contributed by atoms with E-state index >= 15 is 0 Å². The fraction of sp³-hybridized carbons (Fsp3) is 0.148. The van der Waals surface area contributed by atoms with Crippen molar-refractivity contribution in [2.24, 2.45) is 0 Å². The van der Waals surface area contributed by atoms with E-state index in [1.165, 1.54) is 32.4 Å². The number of hydrogen-bond acceptors (Lipinski definition) is 7. The number of fused-ring (bicyclic) bond motifs is 3. The molecule has 7 nitrogen and oxygen atoms in total. The number of carbonyl (C=O) groups excluding carboxylic acids is 3. The second kappa shape index (κ2) is 8.28. The fourth-order valence-electron chi connectivity index (χ4n) is 4.61. The summed E-state index contributed by atoms with van der Waals surface area (Å²) < 4.78 is 16.9. The van der Waals surface area contributed by atoms with Crippen LogP contribution in [0.3, 0.4) is 0 Å². The molecule has 1 spiro atoms. The molecular weight excluding hydrogens is 434 g/mol. The summed E-state index contributed by atoms with van der Waals surface area (Å²) in [6.07, 6.45) is 7.02. The smallest absolute Gasteiger partial charge is 0.355 e. The van der Waals surface area contributed by atoms with E-state index in [1.54, 1.807) is 11.1 Å². The van der Waals surface area contributed by atoms with E-state index in [2.05, 4.69) is 0 Å². The van der Waals surface area contributed by atoms with Gasteiger partial charge in [-0.25, -0.2) is 9.59 Å². The molecule has 0 amide bonds. The van der Waals surface area contributed by atoms with E-state index in [0.29, 0.717) is 11.1 Å². The van der Waals surface area contributed by atoms with Crippen LogP contribution in [-0.2, 0) is 28.6 Å². The van der Waals surface area contributed by atoms with Gasteiger partial charge in [-0.15, -0.1) is 0 Å². The maximum atomic E-state index is 13.3. The second-order valence-electron chi connectivity index (χ2n) is 7.92. The highest BCUT2D eigenvalue weighted by molar-refractivity contribution is 6.13. The van der Waals surface area contributed by atoms with Crippen LogP contribution in [0.15, 0.2) is 90.3 Å². The molecule has 0 aromatic heterocycles. The highest BCUT2D eigenvalue weighted by Crippen LogP contribution is 2.51. The van der Waals surface area contributed by atoms with E-state index in [0.717, 1.165) is 11.1 Å². The third kappa shape index (κ3) is 3.21. The van der Waals surface area contributed by atoms with Crippen molar-refractivity contribution in [2.45, 2.75) is 11.8 Å². The van der Waals surface area contributed by atoms with E-state index in [9.17, 15) is 14.4 Å². The van der Waals surface area contributed by atoms with Crippen molar-refractivity contribution in [2.75, 3.05) is 14.2 Å². The molecule has 170 valence electrons. The Balaban J connectivity index is 1.85. The van der Waals surface area contributed by atoms with Crippen LogP contribution in [0.1, 0.15) is 22.9 Å². The first-order valence-corrected chi connectivity index (χ1v) is 10.7. The van der Waals surface area contributed by atoms with Crippen molar-refractivity contribution in [1.82, 2.24) is 4.90 Å². The van der Waals surface area contributed by atoms with Gasteiger partial charge in [0.1, 0.15) is 16.9 Å². The van der Waals surface area contributed by atoms with E-state index in [1.807, 2.05) is 60.7 Å². The summed E-state index contributed by atoms with van der Waals surface area (Å²) in [5, 5.41) is 0. The van der Waals surface area contributed by atoms with Crippen molar-refractivity contribution in [3.63, 3.8) is 0 Å². The van der Waals surface area contributed by atoms with Crippen molar-refractivity contribution in [1.29, 1.82) is 0 Å². The molecule has 34 heavy (non-hydrogen) atoms. The average Bonchev–Trinajstić information content (AvgIpc) is 2.89. The number of ether oxygens (including phenoxy) is 3. The zero-order valence-electron chi connectivity index (χ0n) is 18.6. The lowest BCUT2D eigenvalue weighted by molar-refractivity contribution is -0.153. The highest BCUT2D eigenvalue weighted by atomic mass is 16.6. The molecule has 5 rings (SSSR count). The van der Waals surface area contributed by atoms with Crippen LogP contribution in [0.4, 0.5) is 0 Å². The largest absolute Gasteiger partial charge is 0.465 e. The van der Waals surface area contributed by atoms with Gasteiger partial charge in [0.25, 0.3) is 0 Å². The van der Waals surface area contributed by atoms with Gasteiger partial charge < -0.3 is 19.1 Å². The standard InChI is InChI=1S/C27H21NO6/c1-32-25(30)22-23(26(31)33-2)28-15-13-17-8-6-7-11-20(17)24(28)34-27(22)14-12-19(29)16-21(27)18-9-4-3-5-10-18/h3-16,24H,1-2H3/t24-,27+/m1/s1. The fourth-order valence-corrected chi connectivity index (χ4v) is 4.61. The van der Waals surface area contributed by atoms with Crippen LogP contribution in [0.2, 0.25) is 0 Å². The minimum Gasteiger partial charge on any atom is -0.465 e. The molecule has 0 saturated carbocycles. The summed E-state index contributed by atoms with van der Waals surface area (Å²) in [5.41, 5.74) is 1.13. The van der Waals surface area contributed by atoms with Gasteiger partial charge in [0.05, 0.1) is 14.2 Å². The number of nitrogens with zero attached hydrogens (tertiary/aromatic N) is 1. The molecule has 0 saturated heterocycles. The van der Waals surface area contributed by atoms with Gasteiger partial charge in [-0.1, -0.05) is 54.6 Å². The minimum atomic E-state index is -1.58. The van der Waals surface area contributed by atoms with Crippen LogP contribution < -0.4 is 0 Å². The SMILES string of the molecule is COC(=O)C1=C(C(=O)OC)[C@@]2(C=CC(=O)C=C2c2ccccc2)O[C@@H]2c3ccccc3C=CN12. The van der Waals surface area contributed by atoms with Crippen LogP contribution >= 0.6 is 0 Å². The molecule has 2 aromatic carbocycles. The summed E-state index contributed by atoms with van der Waals surface area (Å²) in [4.78, 5) is 40.5. The molecule has 0 N–H and O–H groups in total. The summed E-state index contributed by atoms with van der Waals surface area (Å²) in [7, 11) is 2.48. The zero-order chi connectivity index (χ0) is 23.9. The predicted octanol–water partition coefficient (Wildman–Crippen LogP) is 3.56.